The zero-order chi connectivity index (χ0) is 26.8. The number of aromatic nitrogens is 1. The second-order valence-corrected chi connectivity index (χ2v) is 9.55. The number of methoxy groups -OCH3 is 1. The Hall–Kier alpha value is -3.38. The molecular formula is C25H30F3N4O5+. The Morgan fingerprint density at radius 2 is 1.89 bits per heavy atom. The first-order valence-corrected chi connectivity index (χ1v) is 12.0. The molecule has 2 amide bonds. The number of rotatable bonds is 7. The first-order chi connectivity index (χ1) is 17.5. The normalized spacial score (nSPS) is 22.7. The molecule has 2 fully saturated rings. The molecule has 9 nitrogen and oxygen atoms in total. The van der Waals surface area contributed by atoms with E-state index in [2.05, 4.69) is 15.5 Å². The Bertz CT molecular complexity index is 1150. The van der Waals surface area contributed by atoms with Crippen molar-refractivity contribution in [2.24, 2.45) is 0 Å². The van der Waals surface area contributed by atoms with Gasteiger partial charge in [0.05, 0.1) is 42.5 Å². The van der Waals surface area contributed by atoms with Gasteiger partial charge in [-0.25, -0.2) is 0 Å². The minimum atomic E-state index is -4.56. The fourth-order valence-electron chi connectivity index (χ4n) is 4.93. The summed E-state index contributed by atoms with van der Waals surface area (Å²) >= 11 is 0. The van der Waals surface area contributed by atoms with Crippen molar-refractivity contribution in [3.8, 4) is 5.88 Å². The van der Waals surface area contributed by atoms with E-state index in [0.29, 0.717) is 31.5 Å². The van der Waals surface area contributed by atoms with Gasteiger partial charge in [0.25, 0.3) is 5.91 Å². The Morgan fingerprint density at radius 3 is 2.51 bits per heavy atom. The molecule has 1 saturated carbocycles. The third-order valence-corrected chi connectivity index (χ3v) is 7.07. The number of likely N-dealkylation sites (tertiary alicyclic amines) is 1. The van der Waals surface area contributed by atoms with Crippen molar-refractivity contribution < 1.29 is 42.5 Å². The van der Waals surface area contributed by atoms with Crippen LogP contribution < -0.4 is 20.1 Å². The van der Waals surface area contributed by atoms with Crippen LogP contribution in [0.25, 0.3) is 0 Å². The minimum absolute atomic E-state index is 0.0892. The summed E-state index contributed by atoms with van der Waals surface area (Å²) in [6, 6.07) is 7.54. The predicted octanol–water partition coefficient (Wildman–Crippen LogP) is 1.60. The predicted molar refractivity (Wildman–Crippen MR) is 124 cm³/mol. The molecule has 4 N–H and O–H groups in total. The van der Waals surface area contributed by atoms with Gasteiger partial charge in [0.1, 0.15) is 0 Å². The Kier molecular flexibility index (Phi) is 7.60. The number of carbonyl (C=O) groups excluding carboxylic acids is 2. The Labute approximate surface area is 211 Å². The van der Waals surface area contributed by atoms with Gasteiger partial charge in [0.15, 0.2) is 0 Å². The third-order valence-electron chi connectivity index (χ3n) is 7.07. The molecule has 1 aliphatic carbocycles. The van der Waals surface area contributed by atoms with Gasteiger partial charge in [-0.15, -0.1) is 0 Å². The fraction of sp³-hybridized carbons (Fsp3) is 0.480. The highest BCUT2D eigenvalue weighted by Gasteiger charge is 2.41. The lowest BCUT2D eigenvalue weighted by molar-refractivity contribution is -0.906. The highest BCUT2D eigenvalue weighted by molar-refractivity contribution is 5.96. The number of alkyl halides is 3. The number of amides is 2. The number of nitrogens with one attached hydrogen (secondary N) is 2. The van der Waals surface area contributed by atoms with Crippen LogP contribution in [-0.4, -0.2) is 65.9 Å². The zero-order valence-electron chi connectivity index (χ0n) is 20.3. The summed E-state index contributed by atoms with van der Waals surface area (Å²) < 4.78 is 44.4. The smallest absolute Gasteiger partial charge is 0.416 e. The van der Waals surface area contributed by atoms with E-state index in [4.69, 9.17) is 4.74 Å². The summed E-state index contributed by atoms with van der Waals surface area (Å²) in [5.74, 6) is -0.903. The van der Waals surface area contributed by atoms with E-state index in [-0.39, 0.29) is 30.1 Å². The summed E-state index contributed by atoms with van der Waals surface area (Å²) in [6.07, 6.45) is -0.541. The van der Waals surface area contributed by atoms with Crippen LogP contribution in [-0.2, 0) is 16.6 Å². The van der Waals surface area contributed by atoms with E-state index < -0.39 is 29.2 Å². The summed E-state index contributed by atoms with van der Waals surface area (Å²) in [5.41, 5.74) is -1.52. The first-order valence-electron chi connectivity index (χ1n) is 12.0. The summed E-state index contributed by atoms with van der Waals surface area (Å²) in [6.45, 7) is 0.930. The van der Waals surface area contributed by atoms with E-state index in [1.807, 2.05) is 0 Å². The molecule has 200 valence electrons. The quantitative estimate of drug-likeness (QED) is 0.324. The van der Waals surface area contributed by atoms with Crippen LogP contribution in [0.2, 0.25) is 0 Å². The van der Waals surface area contributed by atoms with E-state index in [0.717, 1.165) is 35.8 Å². The number of aliphatic hydroxyl groups is 1. The molecule has 0 radical (unpaired) electrons. The number of halogens is 3. The highest BCUT2D eigenvalue weighted by Crippen LogP contribution is 2.39. The summed E-state index contributed by atoms with van der Waals surface area (Å²) in [4.78, 5) is 26.6. The molecule has 2 aromatic rings. The molecule has 1 aliphatic heterocycles. The standard InChI is InChI=1S/C25H29F3N4O5/c1-37-22-6-5-18(13-32(22)36)24(35)9-7-20(8-10-24)31-14-19(15-31)30-21(33)12-29-23(34)16-3-2-4-17(11-16)25(26,27)28/h2-6,11,13,19-20,35H,7-10,12,14-15H2,1H3,(H2-,29,30,33,34,36)/p+1. The molecule has 0 spiro atoms. The van der Waals surface area contributed by atoms with E-state index in [1.54, 1.807) is 12.1 Å². The minimum Gasteiger partial charge on any atom is -0.445 e. The van der Waals surface area contributed by atoms with Crippen LogP contribution in [0, 0.1) is 0 Å². The van der Waals surface area contributed by atoms with Crippen LogP contribution in [0.5, 0.6) is 5.88 Å². The van der Waals surface area contributed by atoms with Crippen molar-refractivity contribution in [1.29, 1.82) is 0 Å². The maximum atomic E-state index is 12.8. The topological polar surface area (TPSA) is 115 Å². The van der Waals surface area contributed by atoms with Crippen molar-refractivity contribution in [2.45, 2.75) is 49.5 Å². The second-order valence-electron chi connectivity index (χ2n) is 9.55. The lowest BCUT2D eigenvalue weighted by Crippen LogP contribution is -2.63. The molecule has 12 heteroatoms. The van der Waals surface area contributed by atoms with Crippen LogP contribution >= 0.6 is 0 Å². The SMILES string of the molecule is COc1ccc(C2(O)CCC(N3CC(NC(=O)CNC(=O)c4cccc(C(F)(F)F)c4)C3)CC2)c[n+]1O. The van der Waals surface area contributed by atoms with Crippen LogP contribution in [0.3, 0.4) is 0 Å². The van der Waals surface area contributed by atoms with Crippen molar-refractivity contribution in [3.05, 3.63) is 59.3 Å². The fourth-order valence-corrected chi connectivity index (χ4v) is 4.93. The van der Waals surface area contributed by atoms with Crippen LogP contribution in [0.4, 0.5) is 13.2 Å². The van der Waals surface area contributed by atoms with Gasteiger partial charge in [-0.1, -0.05) is 6.07 Å². The zero-order valence-corrected chi connectivity index (χ0v) is 20.3. The lowest BCUT2D eigenvalue weighted by atomic mass is 9.77. The van der Waals surface area contributed by atoms with Gasteiger partial charge in [0.2, 0.25) is 12.1 Å². The van der Waals surface area contributed by atoms with Crippen LogP contribution in [0.1, 0.15) is 47.2 Å². The Morgan fingerprint density at radius 1 is 1.19 bits per heavy atom. The molecule has 4 rings (SSSR count). The summed E-state index contributed by atoms with van der Waals surface area (Å²) in [5, 5.41) is 26.2. The average Bonchev–Trinajstić information content (AvgIpc) is 2.84. The van der Waals surface area contributed by atoms with Gasteiger partial charge in [-0.3, -0.25) is 19.7 Å². The molecular weight excluding hydrogens is 493 g/mol. The summed E-state index contributed by atoms with van der Waals surface area (Å²) in [7, 11) is 1.45. The lowest BCUT2D eigenvalue weighted by Gasteiger charge is -2.48. The molecule has 1 aromatic carbocycles. The largest absolute Gasteiger partial charge is 0.445 e. The first kappa shape index (κ1) is 26.7. The van der Waals surface area contributed by atoms with Gasteiger partial charge in [-0.05, 0) is 49.9 Å². The third kappa shape index (κ3) is 6.13. The number of carbonyl (C=O) groups is 2. The van der Waals surface area contributed by atoms with E-state index in [1.165, 1.54) is 19.4 Å². The van der Waals surface area contributed by atoms with Crippen molar-refractivity contribution in [2.75, 3.05) is 26.7 Å². The number of ether oxygens (including phenoxy) is 1. The van der Waals surface area contributed by atoms with Crippen molar-refractivity contribution in [1.82, 2.24) is 15.5 Å². The molecule has 0 bridgehead atoms. The number of benzene rings is 1. The van der Waals surface area contributed by atoms with Gasteiger partial charge >= 0.3 is 12.1 Å². The van der Waals surface area contributed by atoms with E-state index in [9.17, 15) is 33.1 Å². The highest BCUT2D eigenvalue weighted by atomic mass is 19.4. The molecule has 0 unspecified atom stereocenters. The van der Waals surface area contributed by atoms with Crippen molar-refractivity contribution in [3.63, 3.8) is 0 Å². The second kappa shape index (κ2) is 10.5. The molecule has 2 heterocycles. The number of hydrogen-bond acceptors (Lipinski definition) is 6. The van der Waals surface area contributed by atoms with Gasteiger partial charge in [-0.2, -0.15) is 13.2 Å². The van der Waals surface area contributed by atoms with Gasteiger partial charge < -0.3 is 20.5 Å². The molecule has 1 saturated heterocycles. The average molecular weight is 524 g/mol. The van der Waals surface area contributed by atoms with E-state index >= 15 is 0 Å². The number of pyridine rings is 1. The van der Waals surface area contributed by atoms with Crippen LogP contribution in [0.15, 0.2) is 42.6 Å². The van der Waals surface area contributed by atoms with Gasteiger partial charge in [0, 0.05) is 29.4 Å². The molecule has 1 aromatic heterocycles. The van der Waals surface area contributed by atoms with Crippen molar-refractivity contribution >= 4 is 11.8 Å². The number of nitrogens with zero attached hydrogens (tertiary/aromatic N) is 2. The monoisotopic (exact) mass is 523 g/mol. The molecule has 2 aliphatic rings. The molecule has 0 atom stereocenters. The maximum absolute atomic E-state index is 12.8. The Balaban J connectivity index is 1.19. The number of hydrogen-bond donors (Lipinski definition) is 4. The maximum Gasteiger partial charge on any atom is 0.416 e. The molecule has 37 heavy (non-hydrogen) atoms.